The van der Waals surface area contributed by atoms with Gasteiger partial charge in [-0.05, 0) is 108 Å². The fourth-order valence-corrected chi connectivity index (χ4v) is 12.7. The zero-order valence-corrected chi connectivity index (χ0v) is 55.3. The molecule has 0 bridgehead atoms. The van der Waals surface area contributed by atoms with Gasteiger partial charge in [0.2, 0.25) is 35.4 Å². The lowest BCUT2D eigenvalue weighted by Crippen LogP contribution is -2.49. The van der Waals surface area contributed by atoms with Crippen molar-refractivity contribution in [2.45, 2.75) is 116 Å². The van der Waals surface area contributed by atoms with Crippen LogP contribution in [0.15, 0.2) is 164 Å². The molecule has 0 aromatic heterocycles. The molecule has 528 valence electrons. The molecule has 8 atom stereocenters. The lowest BCUT2D eigenvalue weighted by molar-refractivity contribution is -0.144. The van der Waals surface area contributed by atoms with Crippen molar-refractivity contribution in [3.63, 3.8) is 0 Å². The number of nitrogens with one attached hydrogen (secondary N) is 3. The van der Waals surface area contributed by atoms with Crippen LogP contribution in [0.3, 0.4) is 0 Å². The van der Waals surface area contributed by atoms with Crippen LogP contribution in [0.4, 0.5) is 0 Å². The molecule has 8 unspecified atom stereocenters. The number of piperidine rings is 3. The predicted octanol–water partition coefficient (Wildman–Crippen LogP) is 7.12. The molecule has 9 aliphatic heterocycles. The third kappa shape index (κ3) is 15.9. The van der Waals surface area contributed by atoms with Crippen molar-refractivity contribution in [1.29, 1.82) is 0 Å². The zero-order valence-electron chi connectivity index (χ0n) is 70.3. The van der Waals surface area contributed by atoms with Crippen molar-refractivity contribution in [2.75, 3.05) is 59.3 Å². The Bertz CT molecular complexity index is 5130. The fourth-order valence-electron chi connectivity index (χ4n) is 12.7. The lowest BCUT2D eigenvalue weighted by atomic mass is 10.0. The van der Waals surface area contributed by atoms with E-state index < -0.39 is 86.9 Å². The molecule has 6 aromatic rings. The average Bonchev–Trinajstić information content (AvgIpc) is 1.65. The van der Waals surface area contributed by atoms with Crippen LogP contribution in [-0.2, 0) is 102 Å². The van der Waals surface area contributed by atoms with Crippen molar-refractivity contribution >= 4 is 53.2 Å². The van der Waals surface area contributed by atoms with Gasteiger partial charge in [0.25, 0.3) is 17.7 Å². The summed E-state index contributed by atoms with van der Waals surface area (Å²) < 4.78 is 160. The van der Waals surface area contributed by atoms with Crippen LogP contribution in [0, 0.1) is 0 Å². The second-order valence-corrected chi connectivity index (χ2v) is 24.9. The molecule has 24 nitrogen and oxygen atoms in total. The van der Waals surface area contributed by atoms with E-state index in [1.165, 1.54) is 41.5 Å². The molecule has 6 fully saturated rings. The number of nitrogens with zero attached hydrogens (tertiary/aromatic N) is 6. The van der Waals surface area contributed by atoms with Crippen molar-refractivity contribution < 1.29 is 92.1 Å². The van der Waals surface area contributed by atoms with Crippen LogP contribution < -0.4 is 30.2 Å². The van der Waals surface area contributed by atoms with Crippen LogP contribution >= 0.6 is 0 Å². The molecule has 6 saturated heterocycles. The third-order valence-corrected chi connectivity index (χ3v) is 18.1. The average molecular weight is 1400 g/mol. The molecule has 15 rings (SSSR count). The van der Waals surface area contributed by atoms with Crippen LogP contribution in [0.5, 0.6) is 17.2 Å². The SMILES string of the molecule is [2H]c1c([2H])c(C([2H])Oc2cccc3c2CN(C2CCC(=C)NC2=O)C3=O)c([2H])c([2H])c1CN1CCOCC1=O.[2H]c1cc(C([2H])N2CCOCC2=O)c([2H])c([2H])c1C([2H])Oc1cccc2c1CN(C1CCC(=C)NC1=O)C2=O.[2H]c1cc(C([2H])Oc2cccc3c2CN(C2CCC(=C)NC2=O)C3=O)c([2H])c([2H])c1C([2H])N1CCOCC1=O. The number of amides is 9. The maximum absolute atomic E-state index is 13.1. The molecule has 6 aromatic carbocycles. The van der Waals surface area contributed by atoms with Crippen LogP contribution in [0.1, 0.15) is 140 Å². The van der Waals surface area contributed by atoms with Crippen LogP contribution in [0.25, 0.3) is 0 Å². The molecule has 0 radical (unpaired) electrons. The predicted molar refractivity (Wildman–Crippen MR) is 371 cm³/mol. The zero-order chi connectivity index (χ0) is 84.0. The van der Waals surface area contributed by atoms with Gasteiger partial charge >= 0.3 is 0 Å². The van der Waals surface area contributed by atoms with E-state index >= 15 is 0 Å². The summed E-state index contributed by atoms with van der Waals surface area (Å²) in [5, 5.41) is 8.06. The highest BCUT2D eigenvalue weighted by Crippen LogP contribution is 2.38. The molecule has 0 aliphatic carbocycles. The van der Waals surface area contributed by atoms with Crippen molar-refractivity contribution in [3.8, 4) is 17.2 Å². The van der Waals surface area contributed by atoms with E-state index in [2.05, 4.69) is 35.7 Å². The minimum atomic E-state index is -1.63. The molecular formula is C78H81N9O15. The minimum Gasteiger partial charge on any atom is -0.489 e. The number of fused-ring (bicyclic) bond motifs is 3. The summed E-state index contributed by atoms with van der Waals surface area (Å²) in [6.07, 6.45) is 2.98. The topological polar surface area (TPSA) is 265 Å². The van der Waals surface area contributed by atoms with Crippen LogP contribution in [0.2, 0.25) is 0 Å². The van der Waals surface area contributed by atoms with E-state index in [4.69, 9.17) is 49.0 Å². The number of ether oxygens (including phenoxy) is 6. The Hall–Kier alpha value is -11.0. The van der Waals surface area contributed by atoms with Gasteiger partial charge in [-0.15, -0.1) is 0 Å². The third-order valence-electron chi connectivity index (χ3n) is 18.1. The number of rotatable bonds is 18. The number of benzene rings is 6. The van der Waals surface area contributed by atoms with Gasteiger partial charge in [0.05, 0.1) is 60.0 Å². The van der Waals surface area contributed by atoms with Gasteiger partial charge in [-0.3, -0.25) is 43.2 Å². The smallest absolute Gasteiger partial charge is 0.255 e. The lowest BCUT2D eigenvalue weighted by Gasteiger charge is -2.31. The second-order valence-electron chi connectivity index (χ2n) is 24.9. The monoisotopic (exact) mass is 1400 g/mol. The highest BCUT2D eigenvalue weighted by Gasteiger charge is 2.43. The van der Waals surface area contributed by atoms with E-state index in [1.807, 2.05) is 0 Å². The number of carbonyl (C=O) groups is 9. The quantitative estimate of drug-likeness (QED) is 0.0774. The van der Waals surface area contributed by atoms with Gasteiger partial charge in [-0.2, -0.15) is 0 Å². The molecule has 3 N–H and O–H groups in total. The van der Waals surface area contributed by atoms with E-state index in [-0.39, 0.29) is 207 Å². The normalized spacial score (nSPS) is 24.0. The minimum absolute atomic E-state index is 0.00600. The molecule has 0 saturated carbocycles. The fraction of sp³-hybridized carbons (Fsp3) is 0.346. The Morgan fingerprint density at radius 3 is 1.16 bits per heavy atom. The molecule has 9 heterocycles. The summed E-state index contributed by atoms with van der Waals surface area (Å²) in [5.41, 5.74) is 3.79. The van der Waals surface area contributed by atoms with E-state index in [1.54, 1.807) is 54.6 Å². The van der Waals surface area contributed by atoms with Crippen molar-refractivity contribution in [2.24, 2.45) is 0 Å². The Morgan fingerprint density at radius 1 is 0.412 bits per heavy atom. The molecular weight excluding hydrogens is 1300 g/mol. The van der Waals surface area contributed by atoms with Gasteiger partial charge in [0.15, 0.2) is 0 Å². The molecule has 0 spiro atoms. The van der Waals surface area contributed by atoms with E-state index in [0.717, 1.165) is 0 Å². The standard InChI is InChI=1S/3C26H27N3O5/c3*1-17-5-10-22(25(31)27-17)29-14-21-20(26(29)32)3-2-4-23(21)34-15-19-8-6-18(7-9-19)13-28-11-12-33-16-24(28)30/h3*2-4,6-9,22H,1,5,10-16H2,(H,27,31)/i6D,8D,9D,13D,15D;6D,7D,8D,13D,15D;6D,7D,8D,9D,15D. The Kier molecular flexibility index (Phi) is 16.3. The van der Waals surface area contributed by atoms with E-state index in [0.29, 0.717) is 95.6 Å². The maximum Gasteiger partial charge on any atom is 0.255 e. The summed E-state index contributed by atoms with van der Waals surface area (Å²) in [6, 6.07) is 11.1. The first kappa shape index (κ1) is 53.0. The van der Waals surface area contributed by atoms with Gasteiger partial charge in [-0.1, -0.05) is 110 Å². The Balaban J connectivity index is 0.000000152. The molecule has 102 heavy (non-hydrogen) atoms. The van der Waals surface area contributed by atoms with Gasteiger partial charge < -0.3 is 73.8 Å². The molecule has 24 heteroatoms. The van der Waals surface area contributed by atoms with Gasteiger partial charge in [0.1, 0.15) is 74.9 Å². The van der Waals surface area contributed by atoms with Crippen molar-refractivity contribution in [1.82, 2.24) is 45.3 Å². The molecule has 9 aliphatic rings. The first-order valence-corrected chi connectivity index (χ1v) is 33.0. The highest BCUT2D eigenvalue weighted by molar-refractivity contribution is 6.04. The maximum atomic E-state index is 13.1. The summed E-state index contributed by atoms with van der Waals surface area (Å²) >= 11 is 0. The summed E-state index contributed by atoms with van der Waals surface area (Å²) in [4.78, 5) is 122. The number of morpholine rings is 3. The Morgan fingerprint density at radius 2 is 0.745 bits per heavy atom. The molecule has 9 amide bonds. The summed E-state index contributed by atoms with van der Waals surface area (Å²) in [5.74, 6) is -2.45. The first-order valence-electron chi connectivity index (χ1n) is 40.9. The van der Waals surface area contributed by atoms with Crippen molar-refractivity contribution in [3.05, 3.63) is 231 Å². The number of allylic oxidation sites excluding steroid dienone is 3. The summed E-state index contributed by atoms with van der Waals surface area (Å²) in [6.45, 7) is 5.04. The highest BCUT2D eigenvalue weighted by atomic mass is 16.5. The van der Waals surface area contributed by atoms with E-state index in [9.17, 15) is 43.2 Å². The largest absolute Gasteiger partial charge is 0.489 e. The Labute approximate surface area is 611 Å². The number of hydrogen-bond acceptors (Lipinski definition) is 15. The number of hydrogen-bond donors (Lipinski definition) is 3. The summed E-state index contributed by atoms with van der Waals surface area (Å²) in [7, 11) is 0. The number of carbonyl (C=O) groups excluding carboxylic acids is 9. The second kappa shape index (κ2) is 31.3. The van der Waals surface area contributed by atoms with Crippen LogP contribution in [-0.4, -0.2) is 160 Å². The van der Waals surface area contributed by atoms with Gasteiger partial charge in [0, 0.05) is 89.7 Å². The first-order chi connectivity index (χ1) is 55.7. The van der Waals surface area contributed by atoms with Gasteiger partial charge in [-0.25, -0.2) is 0 Å².